The smallest absolute Gasteiger partial charge is 0.252 e. The van der Waals surface area contributed by atoms with Crippen molar-refractivity contribution in [1.82, 2.24) is 10.3 Å². The van der Waals surface area contributed by atoms with Crippen LogP contribution >= 0.6 is 0 Å². The number of hydrogen-bond donors (Lipinski definition) is 1. The molecule has 126 valence electrons. The summed E-state index contributed by atoms with van der Waals surface area (Å²) in [6, 6.07) is 5.85. The largest absolute Gasteiger partial charge is 0.390 e. The number of pyridine rings is 1. The first-order valence-electron chi connectivity index (χ1n) is 8.37. The number of aryl methyl sites for hydroxylation is 3. The summed E-state index contributed by atoms with van der Waals surface area (Å²) in [6.07, 6.45) is 1.60. The van der Waals surface area contributed by atoms with Crippen LogP contribution in [0.3, 0.4) is 0 Å². The van der Waals surface area contributed by atoms with Crippen LogP contribution in [0.15, 0.2) is 23.4 Å². The van der Waals surface area contributed by atoms with Gasteiger partial charge in [-0.3, -0.25) is 9.78 Å². The van der Waals surface area contributed by atoms with Crippen LogP contribution in [0, 0.1) is 20.8 Å². The molecule has 0 saturated carbocycles. The monoisotopic (exact) mass is 325 g/mol. The Morgan fingerprint density at radius 3 is 2.83 bits per heavy atom. The maximum atomic E-state index is 12.7. The summed E-state index contributed by atoms with van der Waals surface area (Å²) in [7, 11) is 0. The summed E-state index contributed by atoms with van der Waals surface area (Å²) in [4.78, 5) is 22.6. The molecule has 1 aliphatic heterocycles. The van der Waals surface area contributed by atoms with Crippen molar-refractivity contribution in [2.45, 2.75) is 46.6 Å². The Labute approximate surface area is 142 Å². The topological polar surface area (TPSA) is 63.6 Å². The van der Waals surface area contributed by atoms with Gasteiger partial charge in [-0.05, 0) is 44.4 Å². The van der Waals surface area contributed by atoms with E-state index in [0.29, 0.717) is 12.1 Å². The molecule has 1 N–H and O–H groups in total. The molecule has 0 radical (unpaired) electrons. The van der Waals surface area contributed by atoms with Crippen molar-refractivity contribution in [1.29, 1.82) is 0 Å². The summed E-state index contributed by atoms with van der Waals surface area (Å²) in [6.45, 7) is 8.53. The third-order valence-electron chi connectivity index (χ3n) is 4.57. The number of benzene rings is 1. The zero-order chi connectivity index (χ0) is 17.3. The summed E-state index contributed by atoms with van der Waals surface area (Å²) in [5.41, 5.74) is 5.74. The fourth-order valence-electron chi connectivity index (χ4n) is 2.95. The summed E-state index contributed by atoms with van der Waals surface area (Å²) >= 11 is 0. The van der Waals surface area contributed by atoms with Crippen molar-refractivity contribution in [3.05, 3.63) is 40.6 Å². The Kier molecular flexibility index (Phi) is 4.51. The quantitative estimate of drug-likeness (QED) is 0.936. The molecule has 3 rings (SSSR count). The van der Waals surface area contributed by atoms with Crippen LogP contribution in [-0.4, -0.2) is 29.3 Å². The van der Waals surface area contributed by atoms with Crippen molar-refractivity contribution >= 4 is 22.5 Å². The average molecular weight is 325 g/mol. The van der Waals surface area contributed by atoms with E-state index in [4.69, 9.17) is 4.84 Å². The highest BCUT2D eigenvalue weighted by Crippen LogP contribution is 2.24. The molecule has 0 spiro atoms. The van der Waals surface area contributed by atoms with Crippen LogP contribution in [0.1, 0.15) is 46.9 Å². The van der Waals surface area contributed by atoms with Crippen molar-refractivity contribution in [2.24, 2.45) is 5.16 Å². The minimum Gasteiger partial charge on any atom is -0.390 e. The first-order chi connectivity index (χ1) is 11.5. The van der Waals surface area contributed by atoms with Gasteiger partial charge in [0.2, 0.25) is 0 Å². The van der Waals surface area contributed by atoms with Crippen LogP contribution in [0.25, 0.3) is 10.9 Å². The van der Waals surface area contributed by atoms with Gasteiger partial charge in [0, 0.05) is 17.5 Å². The normalized spacial score (nSPS) is 16.8. The number of carbonyl (C=O) groups excluding carboxylic acids is 1. The Bertz CT molecular complexity index is 827. The lowest BCUT2D eigenvalue weighted by atomic mass is 10.0. The van der Waals surface area contributed by atoms with Gasteiger partial charge in [0.1, 0.15) is 6.10 Å². The van der Waals surface area contributed by atoms with E-state index in [0.717, 1.165) is 40.7 Å². The van der Waals surface area contributed by atoms with E-state index >= 15 is 0 Å². The second kappa shape index (κ2) is 6.59. The van der Waals surface area contributed by atoms with Crippen molar-refractivity contribution < 1.29 is 9.63 Å². The van der Waals surface area contributed by atoms with Crippen LogP contribution in [0.5, 0.6) is 0 Å². The van der Waals surface area contributed by atoms with Gasteiger partial charge in [0.15, 0.2) is 0 Å². The highest BCUT2D eigenvalue weighted by molar-refractivity contribution is 6.07. The number of oxime groups is 1. The predicted octanol–water partition coefficient (Wildman–Crippen LogP) is 3.44. The Morgan fingerprint density at radius 1 is 1.33 bits per heavy atom. The van der Waals surface area contributed by atoms with Crippen molar-refractivity contribution in [3.63, 3.8) is 0 Å². The fourth-order valence-corrected chi connectivity index (χ4v) is 2.95. The third kappa shape index (κ3) is 3.11. The highest BCUT2D eigenvalue weighted by atomic mass is 16.6. The minimum absolute atomic E-state index is 0.0675. The second-order valence-electron chi connectivity index (χ2n) is 6.37. The van der Waals surface area contributed by atoms with E-state index in [1.165, 1.54) is 5.56 Å². The number of fused-ring (bicyclic) bond motifs is 1. The van der Waals surface area contributed by atoms with E-state index in [9.17, 15) is 4.79 Å². The van der Waals surface area contributed by atoms with Crippen LogP contribution in [-0.2, 0) is 4.84 Å². The van der Waals surface area contributed by atoms with Crippen molar-refractivity contribution in [3.8, 4) is 0 Å². The first-order valence-corrected chi connectivity index (χ1v) is 8.37. The third-order valence-corrected chi connectivity index (χ3v) is 4.57. The predicted molar refractivity (Wildman–Crippen MR) is 95.5 cm³/mol. The zero-order valence-electron chi connectivity index (χ0n) is 14.6. The number of nitrogens with one attached hydrogen (secondary N) is 1. The first kappa shape index (κ1) is 16.4. The van der Waals surface area contributed by atoms with E-state index in [1.807, 2.05) is 32.0 Å². The maximum Gasteiger partial charge on any atom is 0.252 e. The Balaban J connectivity index is 1.81. The van der Waals surface area contributed by atoms with Gasteiger partial charge in [0.25, 0.3) is 5.91 Å². The van der Waals surface area contributed by atoms with E-state index < -0.39 is 0 Å². The van der Waals surface area contributed by atoms with Crippen LogP contribution in [0.4, 0.5) is 0 Å². The standard InChI is InChI=1S/C19H23N3O2/c1-5-14-9-15(24-22-14)10-20-19(23)17-8-12(3)21-18-13(4)11(2)6-7-16(17)18/h6-8,15H,5,9-10H2,1-4H3,(H,20,23)/t15-/m1/s1. The lowest BCUT2D eigenvalue weighted by molar-refractivity contribution is 0.0754. The van der Waals surface area contributed by atoms with Crippen LogP contribution in [0.2, 0.25) is 0 Å². The number of amides is 1. The van der Waals surface area contributed by atoms with Gasteiger partial charge < -0.3 is 10.2 Å². The summed E-state index contributed by atoms with van der Waals surface area (Å²) in [5.74, 6) is -0.0951. The fraction of sp³-hybridized carbons (Fsp3) is 0.421. The molecule has 1 aromatic carbocycles. The molecule has 0 fully saturated rings. The molecule has 1 amide bonds. The molecule has 1 aliphatic rings. The number of aromatic nitrogens is 1. The Hall–Kier alpha value is -2.43. The lowest BCUT2D eigenvalue weighted by Gasteiger charge is -2.13. The molecule has 24 heavy (non-hydrogen) atoms. The van der Waals surface area contributed by atoms with Crippen molar-refractivity contribution in [2.75, 3.05) is 6.54 Å². The van der Waals surface area contributed by atoms with Gasteiger partial charge in [-0.1, -0.05) is 24.2 Å². The molecule has 0 unspecified atom stereocenters. The van der Waals surface area contributed by atoms with Gasteiger partial charge in [-0.15, -0.1) is 0 Å². The molecule has 2 heterocycles. The number of hydrogen-bond acceptors (Lipinski definition) is 4. The molecule has 0 bridgehead atoms. The van der Waals surface area contributed by atoms with Gasteiger partial charge in [-0.25, -0.2) is 0 Å². The van der Waals surface area contributed by atoms with E-state index in [1.54, 1.807) is 0 Å². The lowest BCUT2D eigenvalue weighted by Crippen LogP contribution is -2.32. The molecule has 1 aromatic heterocycles. The molecule has 1 atom stereocenters. The molecule has 5 nitrogen and oxygen atoms in total. The zero-order valence-corrected chi connectivity index (χ0v) is 14.6. The molecule has 0 aliphatic carbocycles. The summed E-state index contributed by atoms with van der Waals surface area (Å²) < 4.78 is 0. The number of carbonyl (C=O) groups is 1. The average Bonchev–Trinajstić information content (AvgIpc) is 3.04. The van der Waals surface area contributed by atoms with Crippen LogP contribution < -0.4 is 5.32 Å². The molecule has 2 aromatic rings. The number of rotatable bonds is 4. The highest BCUT2D eigenvalue weighted by Gasteiger charge is 2.21. The Morgan fingerprint density at radius 2 is 2.12 bits per heavy atom. The summed E-state index contributed by atoms with van der Waals surface area (Å²) in [5, 5.41) is 7.89. The van der Waals surface area contributed by atoms with Gasteiger partial charge in [0.05, 0.1) is 23.3 Å². The van der Waals surface area contributed by atoms with Gasteiger partial charge >= 0.3 is 0 Å². The molecular weight excluding hydrogens is 302 g/mol. The second-order valence-corrected chi connectivity index (χ2v) is 6.37. The molecular formula is C19H23N3O2. The minimum atomic E-state index is -0.0951. The van der Waals surface area contributed by atoms with Gasteiger partial charge in [-0.2, -0.15) is 0 Å². The maximum absolute atomic E-state index is 12.7. The number of nitrogens with zero attached hydrogens (tertiary/aromatic N) is 2. The SMILES string of the molecule is CCC1=NO[C@@H](CNC(=O)c2cc(C)nc3c(C)c(C)ccc23)C1. The molecule has 0 saturated heterocycles. The molecule has 5 heteroatoms. The van der Waals surface area contributed by atoms with E-state index in [-0.39, 0.29) is 12.0 Å². The van der Waals surface area contributed by atoms with E-state index in [2.05, 4.69) is 29.3 Å².